The largest absolute Gasteiger partial charge is 0.299 e. The summed E-state index contributed by atoms with van der Waals surface area (Å²) in [6, 6.07) is 12.0. The lowest BCUT2D eigenvalue weighted by Gasteiger charge is -2.17. The van der Waals surface area contributed by atoms with Gasteiger partial charge in [-0.2, -0.15) is 0 Å². The van der Waals surface area contributed by atoms with Gasteiger partial charge in [0.25, 0.3) is 11.7 Å². The molecule has 0 unspecified atom stereocenters. The quantitative estimate of drug-likeness (QED) is 0.560. The first-order valence-electron chi connectivity index (χ1n) is 6.42. The van der Waals surface area contributed by atoms with Crippen LogP contribution in [0.3, 0.4) is 0 Å². The first-order valence-corrected chi connectivity index (χ1v) is 8.01. The van der Waals surface area contributed by atoms with Crippen LogP contribution < -0.4 is 4.90 Å². The summed E-state index contributed by atoms with van der Waals surface area (Å²) >= 11 is 6.64. The minimum atomic E-state index is -0.682. The van der Waals surface area contributed by atoms with Crippen LogP contribution in [0.15, 0.2) is 51.4 Å². The Kier molecular flexibility index (Phi) is 3.97. The smallest absolute Gasteiger partial charge is 0.296 e. The van der Waals surface area contributed by atoms with Crippen molar-refractivity contribution >= 4 is 55.0 Å². The maximum atomic E-state index is 12.3. The number of benzene rings is 2. The number of hydrogen-bond donors (Lipinski definition) is 0. The number of hydrogen-bond acceptors (Lipinski definition) is 3. The molecule has 0 bridgehead atoms. The molecule has 0 radical (unpaired) electrons. The van der Waals surface area contributed by atoms with Crippen LogP contribution in [0.25, 0.3) is 0 Å². The zero-order valence-corrected chi connectivity index (χ0v) is 14.3. The highest BCUT2D eigenvalue weighted by Gasteiger charge is 2.38. The van der Waals surface area contributed by atoms with E-state index in [1.165, 1.54) is 4.90 Å². The van der Waals surface area contributed by atoms with Gasteiger partial charge in [-0.3, -0.25) is 19.3 Å². The second kappa shape index (κ2) is 5.78. The van der Waals surface area contributed by atoms with Gasteiger partial charge in [-0.05, 0) is 28.1 Å². The molecule has 0 spiro atoms. The second-order valence-electron chi connectivity index (χ2n) is 4.79. The minimum absolute atomic E-state index is 0.165. The van der Waals surface area contributed by atoms with Crippen LogP contribution in [0.1, 0.15) is 20.7 Å². The van der Waals surface area contributed by atoms with Crippen molar-refractivity contribution in [3.8, 4) is 0 Å². The van der Waals surface area contributed by atoms with Crippen molar-refractivity contribution < 1.29 is 14.4 Å². The summed E-state index contributed by atoms with van der Waals surface area (Å²) < 4.78 is 1.28. The Bertz CT molecular complexity index is 803. The first-order chi connectivity index (χ1) is 10.5. The van der Waals surface area contributed by atoms with Crippen LogP contribution in [-0.4, -0.2) is 24.0 Å². The highest BCUT2D eigenvalue weighted by atomic mass is 79.9. The summed E-state index contributed by atoms with van der Waals surface area (Å²) in [4.78, 5) is 37.8. The predicted octanol–water partition coefficient (Wildman–Crippen LogP) is 3.62. The Balaban J connectivity index is 1.98. The monoisotopic (exact) mass is 421 g/mol. The molecule has 1 heterocycles. The van der Waals surface area contributed by atoms with E-state index in [0.717, 1.165) is 0 Å². The van der Waals surface area contributed by atoms with Crippen LogP contribution in [0.5, 0.6) is 0 Å². The van der Waals surface area contributed by atoms with Crippen LogP contribution >= 0.6 is 31.9 Å². The van der Waals surface area contributed by atoms with Crippen molar-refractivity contribution in [2.75, 3.05) is 11.4 Å². The molecule has 0 aliphatic carbocycles. The average molecular weight is 423 g/mol. The van der Waals surface area contributed by atoms with Gasteiger partial charge in [0.2, 0.25) is 0 Å². The van der Waals surface area contributed by atoms with Gasteiger partial charge in [0.15, 0.2) is 5.78 Å². The number of anilines is 1. The van der Waals surface area contributed by atoms with Crippen LogP contribution in [0, 0.1) is 0 Å². The maximum Gasteiger partial charge on any atom is 0.299 e. The zero-order chi connectivity index (χ0) is 15.9. The van der Waals surface area contributed by atoms with Gasteiger partial charge in [-0.1, -0.05) is 46.3 Å². The third-order valence-electron chi connectivity index (χ3n) is 3.38. The summed E-state index contributed by atoms with van der Waals surface area (Å²) in [6.07, 6.45) is 0. The molecule has 2 aromatic rings. The number of nitrogens with zero attached hydrogens (tertiary/aromatic N) is 1. The topological polar surface area (TPSA) is 54.5 Å². The lowest BCUT2D eigenvalue weighted by molar-refractivity contribution is -0.114. The van der Waals surface area contributed by atoms with Crippen molar-refractivity contribution in [1.29, 1.82) is 0 Å². The van der Waals surface area contributed by atoms with Gasteiger partial charge in [0, 0.05) is 14.5 Å². The van der Waals surface area contributed by atoms with E-state index < -0.39 is 11.7 Å². The van der Waals surface area contributed by atoms with Crippen molar-refractivity contribution in [1.82, 2.24) is 0 Å². The van der Waals surface area contributed by atoms with Crippen molar-refractivity contribution in [3.05, 3.63) is 62.5 Å². The van der Waals surface area contributed by atoms with Gasteiger partial charge in [0.05, 0.1) is 17.8 Å². The molecule has 3 rings (SSSR count). The van der Waals surface area contributed by atoms with Gasteiger partial charge < -0.3 is 0 Å². The molecule has 1 amide bonds. The first kappa shape index (κ1) is 15.1. The maximum absolute atomic E-state index is 12.3. The van der Waals surface area contributed by atoms with Gasteiger partial charge in [-0.15, -0.1) is 0 Å². The molecule has 6 heteroatoms. The zero-order valence-electron chi connectivity index (χ0n) is 11.2. The SMILES string of the molecule is O=C(CN1C(=O)C(=O)c2cc(Br)cc(Br)c21)c1ccccc1. The number of carbonyl (C=O) groups is 3. The van der Waals surface area contributed by atoms with E-state index in [-0.39, 0.29) is 12.3 Å². The number of rotatable bonds is 3. The lowest BCUT2D eigenvalue weighted by atomic mass is 10.1. The van der Waals surface area contributed by atoms with E-state index in [9.17, 15) is 14.4 Å². The molecule has 2 aromatic carbocycles. The molecule has 1 aliphatic rings. The summed E-state index contributed by atoms with van der Waals surface area (Å²) in [6.45, 7) is -0.165. The number of carbonyl (C=O) groups excluding carboxylic acids is 3. The van der Waals surface area contributed by atoms with E-state index in [1.54, 1.807) is 36.4 Å². The molecule has 110 valence electrons. The Labute approximate surface area is 143 Å². The van der Waals surface area contributed by atoms with E-state index >= 15 is 0 Å². The summed E-state index contributed by atoms with van der Waals surface area (Å²) in [5.74, 6) is -1.50. The Morgan fingerprint density at radius 1 is 1.05 bits per heavy atom. The molecule has 22 heavy (non-hydrogen) atoms. The molecular weight excluding hydrogens is 414 g/mol. The van der Waals surface area contributed by atoms with Crippen molar-refractivity contribution in [2.45, 2.75) is 0 Å². The van der Waals surface area contributed by atoms with Crippen LogP contribution in [0.4, 0.5) is 5.69 Å². The number of fused-ring (bicyclic) bond motifs is 1. The van der Waals surface area contributed by atoms with Gasteiger partial charge in [0.1, 0.15) is 0 Å². The van der Waals surface area contributed by atoms with Crippen molar-refractivity contribution in [3.63, 3.8) is 0 Å². The fourth-order valence-electron chi connectivity index (χ4n) is 2.36. The summed E-state index contributed by atoms with van der Waals surface area (Å²) in [7, 11) is 0. The Morgan fingerprint density at radius 2 is 1.73 bits per heavy atom. The van der Waals surface area contributed by atoms with E-state index in [0.29, 0.717) is 25.8 Å². The van der Waals surface area contributed by atoms with Crippen LogP contribution in [0.2, 0.25) is 0 Å². The number of halogens is 2. The lowest BCUT2D eigenvalue weighted by Crippen LogP contribution is -2.34. The molecular formula is C16H9Br2NO3. The van der Waals surface area contributed by atoms with E-state index in [1.807, 2.05) is 6.07 Å². The Hall–Kier alpha value is -1.79. The molecule has 0 aromatic heterocycles. The highest BCUT2D eigenvalue weighted by molar-refractivity contribution is 9.11. The number of ketones is 2. The van der Waals surface area contributed by atoms with Crippen molar-refractivity contribution in [2.24, 2.45) is 0 Å². The Morgan fingerprint density at radius 3 is 2.41 bits per heavy atom. The van der Waals surface area contributed by atoms with E-state index in [4.69, 9.17) is 0 Å². The molecule has 0 atom stereocenters. The van der Waals surface area contributed by atoms with Gasteiger partial charge >= 0.3 is 0 Å². The highest BCUT2D eigenvalue weighted by Crippen LogP contribution is 2.38. The van der Waals surface area contributed by atoms with Gasteiger partial charge in [-0.25, -0.2) is 0 Å². The third kappa shape index (κ3) is 2.53. The fourth-order valence-corrected chi connectivity index (χ4v) is 3.80. The standard InChI is InChI=1S/C16H9Br2NO3/c17-10-6-11-14(12(18)7-10)19(16(22)15(11)21)8-13(20)9-4-2-1-3-5-9/h1-7H,8H2. The second-order valence-corrected chi connectivity index (χ2v) is 6.56. The van der Waals surface area contributed by atoms with E-state index in [2.05, 4.69) is 31.9 Å². The molecule has 1 aliphatic heterocycles. The molecule has 0 saturated carbocycles. The number of Topliss-reactive ketones (excluding diaryl/α,β-unsaturated/α-hetero) is 2. The number of amides is 1. The van der Waals surface area contributed by atoms with Crippen LogP contribution in [-0.2, 0) is 4.79 Å². The molecule has 0 saturated heterocycles. The summed E-state index contributed by atoms with van der Waals surface area (Å²) in [5.41, 5.74) is 1.25. The minimum Gasteiger partial charge on any atom is -0.296 e. The normalized spacial score (nSPS) is 13.5. The molecule has 0 N–H and O–H groups in total. The summed E-state index contributed by atoms with van der Waals surface area (Å²) in [5, 5.41) is 0. The fraction of sp³-hybridized carbons (Fsp3) is 0.0625. The third-order valence-corrected chi connectivity index (χ3v) is 4.44. The predicted molar refractivity (Wildman–Crippen MR) is 89.3 cm³/mol. The molecule has 4 nitrogen and oxygen atoms in total. The molecule has 0 fully saturated rings. The average Bonchev–Trinajstić information content (AvgIpc) is 2.73.